The summed E-state index contributed by atoms with van der Waals surface area (Å²) < 4.78 is 17.5. The van der Waals surface area contributed by atoms with E-state index in [1.165, 1.54) is 19.5 Å². The number of nitrogens with zero attached hydrogens (tertiary/aromatic N) is 1. The van der Waals surface area contributed by atoms with Crippen LogP contribution in [0.3, 0.4) is 0 Å². The van der Waals surface area contributed by atoms with Gasteiger partial charge in [0.1, 0.15) is 6.29 Å². The van der Waals surface area contributed by atoms with E-state index >= 15 is 0 Å². The normalized spacial score (nSPS) is 11.6. The summed E-state index contributed by atoms with van der Waals surface area (Å²) in [5.41, 5.74) is 2.18. The van der Waals surface area contributed by atoms with Crippen molar-refractivity contribution in [1.29, 1.82) is 0 Å². The number of carbonyl (C=O) groups excluding carboxylic acids is 1. The van der Waals surface area contributed by atoms with E-state index < -0.39 is 5.92 Å². The molecule has 0 spiro atoms. The van der Waals surface area contributed by atoms with Gasteiger partial charge in [-0.2, -0.15) is 0 Å². The minimum atomic E-state index is -0.765. The minimum absolute atomic E-state index is 0.299. The number of hydrogen-bond acceptors (Lipinski definition) is 5. The summed E-state index contributed by atoms with van der Waals surface area (Å²) in [5, 5.41) is 0.598. The molecule has 0 amide bonds. The summed E-state index contributed by atoms with van der Waals surface area (Å²) in [6, 6.07) is 13.5. The van der Waals surface area contributed by atoms with E-state index in [9.17, 15) is 4.79 Å². The number of methoxy groups -OCH3 is 1. The smallest absolute Gasteiger partial charge is 0.203 e. The number of hydrogen-bond donors (Lipinski definition) is 0. The molecule has 5 nitrogen and oxygen atoms in total. The predicted octanol–water partition coefficient (Wildman–Crippen LogP) is 5.75. The average Bonchev–Trinajstić information content (AvgIpc) is 2.78. The van der Waals surface area contributed by atoms with Gasteiger partial charge in [-0.1, -0.05) is 59.6 Å². The topological polar surface area (TPSA) is 57.7 Å². The Balaban J connectivity index is 2.04. The molecule has 0 fully saturated rings. The standard InChI is InChI=1S/C24H23Cl2NO4/c1-3-30-21-10-9-17(18(15-28)22-19(25)13-27-14-20(22)26)23(24(21)29-2)31-12-11-16-7-5-4-6-8-16/h4-10,13-15,18H,3,11-12H2,1-2H3. The molecule has 0 bridgehead atoms. The van der Waals surface area contributed by atoms with E-state index in [1.54, 1.807) is 12.1 Å². The van der Waals surface area contributed by atoms with Gasteiger partial charge in [0.25, 0.3) is 0 Å². The van der Waals surface area contributed by atoms with Crippen molar-refractivity contribution in [1.82, 2.24) is 4.98 Å². The van der Waals surface area contributed by atoms with Gasteiger partial charge < -0.3 is 19.0 Å². The molecular formula is C24H23Cl2NO4. The number of benzene rings is 2. The summed E-state index contributed by atoms with van der Waals surface area (Å²) in [4.78, 5) is 16.2. The summed E-state index contributed by atoms with van der Waals surface area (Å²) in [7, 11) is 1.54. The van der Waals surface area contributed by atoms with Crippen molar-refractivity contribution in [3.8, 4) is 17.2 Å². The molecule has 3 rings (SSSR count). The first-order valence-corrected chi connectivity index (χ1v) is 10.6. The zero-order valence-corrected chi connectivity index (χ0v) is 18.8. The van der Waals surface area contributed by atoms with E-state index in [0.29, 0.717) is 58.1 Å². The molecule has 1 heterocycles. The Kier molecular flexibility index (Phi) is 8.15. The predicted molar refractivity (Wildman–Crippen MR) is 122 cm³/mol. The number of ether oxygens (including phenoxy) is 3. The molecule has 0 aliphatic carbocycles. The van der Waals surface area contributed by atoms with Crippen LogP contribution in [0.5, 0.6) is 17.2 Å². The molecule has 3 aromatic rings. The number of aldehydes is 1. The van der Waals surface area contributed by atoms with E-state index in [-0.39, 0.29) is 0 Å². The van der Waals surface area contributed by atoms with Gasteiger partial charge in [-0.05, 0) is 18.6 Å². The molecule has 0 radical (unpaired) electrons. The van der Waals surface area contributed by atoms with E-state index in [1.807, 2.05) is 37.3 Å². The molecule has 2 aromatic carbocycles. The number of pyridine rings is 1. The lowest BCUT2D eigenvalue weighted by molar-refractivity contribution is -0.108. The highest BCUT2D eigenvalue weighted by atomic mass is 35.5. The van der Waals surface area contributed by atoms with Crippen molar-refractivity contribution in [2.45, 2.75) is 19.3 Å². The number of carbonyl (C=O) groups is 1. The molecule has 31 heavy (non-hydrogen) atoms. The van der Waals surface area contributed by atoms with Gasteiger partial charge in [-0.15, -0.1) is 0 Å². The first-order chi connectivity index (χ1) is 15.1. The Bertz CT molecular complexity index is 1010. The second-order valence-electron chi connectivity index (χ2n) is 6.66. The lowest BCUT2D eigenvalue weighted by Gasteiger charge is -2.22. The Morgan fingerprint density at radius 1 is 1.00 bits per heavy atom. The van der Waals surface area contributed by atoms with Crippen LogP contribution in [0.1, 0.15) is 29.5 Å². The van der Waals surface area contributed by atoms with E-state index in [4.69, 9.17) is 37.4 Å². The molecule has 0 N–H and O–H groups in total. The molecule has 0 aliphatic rings. The molecule has 162 valence electrons. The molecule has 1 atom stereocenters. The average molecular weight is 460 g/mol. The van der Waals surface area contributed by atoms with Crippen molar-refractivity contribution < 1.29 is 19.0 Å². The number of halogens is 2. The Hall–Kier alpha value is -2.76. The number of rotatable bonds is 10. The monoisotopic (exact) mass is 459 g/mol. The summed E-state index contributed by atoms with van der Waals surface area (Å²) in [5.74, 6) is 0.602. The van der Waals surface area contributed by atoms with Crippen LogP contribution in [0.4, 0.5) is 0 Å². The third-order valence-electron chi connectivity index (χ3n) is 4.76. The summed E-state index contributed by atoms with van der Waals surface area (Å²) >= 11 is 12.7. The van der Waals surface area contributed by atoms with Crippen LogP contribution in [-0.4, -0.2) is 31.6 Å². The van der Waals surface area contributed by atoms with Gasteiger partial charge >= 0.3 is 0 Å². The molecule has 7 heteroatoms. The molecular weight excluding hydrogens is 437 g/mol. The lowest BCUT2D eigenvalue weighted by Crippen LogP contribution is -2.11. The van der Waals surface area contributed by atoms with Crippen LogP contribution < -0.4 is 14.2 Å². The summed E-state index contributed by atoms with van der Waals surface area (Å²) in [6.07, 6.45) is 4.39. The van der Waals surface area contributed by atoms with Gasteiger partial charge in [0, 0.05) is 29.9 Å². The number of aromatic nitrogens is 1. The van der Waals surface area contributed by atoms with E-state index in [2.05, 4.69) is 4.98 Å². The van der Waals surface area contributed by atoms with Crippen molar-refractivity contribution in [2.24, 2.45) is 0 Å². The fourth-order valence-electron chi connectivity index (χ4n) is 3.35. The maximum atomic E-state index is 12.2. The quantitative estimate of drug-likeness (QED) is 0.361. The van der Waals surface area contributed by atoms with Crippen molar-refractivity contribution in [3.63, 3.8) is 0 Å². The van der Waals surface area contributed by atoms with Crippen molar-refractivity contribution in [3.05, 3.63) is 81.6 Å². The van der Waals surface area contributed by atoms with Crippen molar-refractivity contribution >= 4 is 29.5 Å². The van der Waals surface area contributed by atoms with Crippen LogP contribution in [0, 0.1) is 0 Å². The van der Waals surface area contributed by atoms with Gasteiger partial charge in [0.15, 0.2) is 11.5 Å². The molecule has 1 aromatic heterocycles. The second kappa shape index (κ2) is 11.0. The largest absolute Gasteiger partial charge is 0.490 e. The van der Waals surface area contributed by atoms with Crippen LogP contribution >= 0.6 is 23.2 Å². The highest BCUT2D eigenvalue weighted by Gasteiger charge is 2.27. The Labute approximate surface area is 191 Å². The Morgan fingerprint density at radius 3 is 2.32 bits per heavy atom. The zero-order valence-electron chi connectivity index (χ0n) is 17.3. The maximum absolute atomic E-state index is 12.2. The molecule has 1 unspecified atom stereocenters. The maximum Gasteiger partial charge on any atom is 0.203 e. The van der Waals surface area contributed by atoms with Crippen LogP contribution in [-0.2, 0) is 11.2 Å². The van der Waals surface area contributed by atoms with Crippen LogP contribution in [0.2, 0.25) is 10.0 Å². The fourth-order valence-corrected chi connectivity index (χ4v) is 3.95. The van der Waals surface area contributed by atoms with Gasteiger partial charge in [0.2, 0.25) is 5.75 Å². The highest BCUT2D eigenvalue weighted by Crippen LogP contribution is 2.46. The molecule has 0 saturated heterocycles. The first kappa shape index (κ1) is 22.9. The second-order valence-corrected chi connectivity index (χ2v) is 7.48. The van der Waals surface area contributed by atoms with Crippen LogP contribution in [0.25, 0.3) is 0 Å². The molecule has 0 aliphatic heterocycles. The highest BCUT2D eigenvalue weighted by molar-refractivity contribution is 6.36. The van der Waals surface area contributed by atoms with Crippen molar-refractivity contribution in [2.75, 3.05) is 20.3 Å². The minimum Gasteiger partial charge on any atom is -0.490 e. The molecule has 0 saturated carbocycles. The van der Waals surface area contributed by atoms with E-state index in [0.717, 1.165) is 11.8 Å². The lowest BCUT2D eigenvalue weighted by atomic mass is 9.92. The fraction of sp³-hybridized carbons (Fsp3) is 0.250. The third-order valence-corrected chi connectivity index (χ3v) is 5.37. The van der Waals surface area contributed by atoms with Gasteiger partial charge in [0.05, 0.1) is 36.3 Å². The van der Waals surface area contributed by atoms with Crippen LogP contribution in [0.15, 0.2) is 54.9 Å². The van der Waals surface area contributed by atoms with Gasteiger partial charge in [-0.3, -0.25) is 4.98 Å². The van der Waals surface area contributed by atoms with Gasteiger partial charge in [-0.25, -0.2) is 0 Å². The SMILES string of the molecule is CCOc1ccc(C(C=O)c2c(Cl)cncc2Cl)c(OCCc2ccccc2)c1OC. The third kappa shape index (κ3) is 5.30. The summed E-state index contributed by atoms with van der Waals surface area (Å²) in [6.45, 7) is 2.72. The first-order valence-electron chi connectivity index (χ1n) is 9.85. The zero-order chi connectivity index (χ0) is 22.2. The Morgan fingerprint density at radius 2 is 1.71 bits per heavy atom.